The van der Waals surface area contributed by atoms with Gasteiger partial charge in [-0.2, -0.15) is 0 Å². The van der Waals surface area contributed by atoms with E-state index in [0.717, 1.165) is 11.1 Å². The minimum atomic E-state index is -3.88. The highest BCUT2D eigenvalue weighted by Crippen LogP contribution is 2.37. The summed E-state index contributed by atoms with van der Waals surface area (Å²) in [5.74, 6) is 0.00557. The molecule has 0 aromatic heterocycles. The monoisotopic (exact) mass is 526 g/mol. The molecule has 0 saturated carbocycles. The zero-order valence-corrected chi connectivity index (χ0v) is 21.3. The topological polar surface area (TPSA) is 153 Å². The molecule has 0 saturated heterocycles. The maximum Gasteiger partial charge on any atom is 0.275 e. The van der Waals surface area contributed by atoms with E-state index >= 15 is 0 Å². The van der Waals surface area contributed by atoms with Crippen LogP contribution < -0.4 is 20.5 Å². The van der Waals surface area contributed by atoms with E-state index in [2.05, 4.69) is 19.2 Å². The number of carbonyl (C=O) groups is 1. The van der Waals surface area contributed by atoms with Crippen molar-refractivity contribution in [1.82, 2.24) is 0 Å². The van der Waals surface area contributed by atoms with E-state index in [4.69, 9.17) is 10.3 Å². The standard InChI is InChI=1S/C25H26N4O5S2/c1-16(2)17-3-5-18(6-4-17)24-15-23(28-19-7-11-21(12-8-19)35(26,31)32)25(30)29(24)20-9-13-22(14-10-20)36(27,33)34/h3-16,24,28H,1-2H3,(H2,26,31,32)(H2,27,33,34). The number of nitrogens with one attached hydrogen (secondary N) is 1. The van der Waals surface area contributed by atoms with Gasteiger partial charge in [-0.1, -0.05) is 38.1 Å². The quantitative estimate of drug-likeness (QED) is 0.430. The van der Waals surface area contributed by atoms with Gasteiger partial charge in [0.25, 0.3) is 5.91 Å². The number of primary sulfonamides is 2. The van der Waals surface area contributed by atoms with Crippen LogP contribution in [0.4, 0.5) is 11.4 Å². The van der Waals surface area contributed by atoms with Crippen molar-refractivity contribution in [3.8, 4) is 0 Å². The number of benzene rings is 3. The highest BCUT2D eigenvalue weighted by molar-refractivity contribution is 7.89. The van der Waals surface area contributed by atoms with Gasteiger partial charge in [-0.25, -0.2) is 27.1 Å². The third kappa shape index (κ3) is 5.34. The molecule has 1 aliphatic heterocycles. The second-order valence-electron chi connectivity index (χ2n) is 8.75. The van der Waals surface area contributed by atoms with E-state index in [-0.39, 0.29) is 21.4 Å². The third-order valence-electron chi connectivity index (χ3n) is 5.90. The van der Waals surface area contributed by atoms with Gasteiger partial charge in [-0.3, -0.25) is 9.69 Å². The number of carbonyl (C=O) groups excluding carboxylic acids is 1. The Morgan fingerprint density at radius 3 is 1.75 bits per heavy atom. The Kier molecular flexibility index (Phi) is 6.76. The number of anilines is 2. The molecule has 0 spiro atoms. The summed E-state index contributed by atoms with van der Waals surface area (Å²) in [6, 6.07) is 19.0. The van der Waals surface area contributed by atoms with E-state index in [9.17, 15) is 21.6 Å². The van der Waals surface area contributed by atoms with Crippen LogP contribution in [0.15, 0.2) is 94.4 Å². The zero-order valence-electron chi connectivity index (χ0n) is 19.6. The van der Waals surface area contributed by atoms with E-state index in [1.54, 1.807) is 11.0 Å². The summed E-state index contributed by atoms with van der Waals surface area (Å²) in [7, 11) is -7.72. The molecule has 0 radical (unpaired) electrons. The lowest BCUT2D eigenvalue weighted by Crippen LogP contribution is -2.30. The van der Waals surface area contributed by atoms with Gasteiger partial charge in [-0.15, -0.1) is 0 Å². The fraction of sp³-hybridized carbons (Fsp3) is 0.160. The molecule has 1 aliphatic rings. The van der Waals surface area contributed by atoms with Crippen molar-refractivity contribution in [3.63, 3.8) is 0 Å². The average molecular weight is 527 g/mol. The molecule has 9 nitrogen and oxygen atoms in total. The Labute approximate surface area is 210 Å². The normalized spacial score (nSPS) is 16.4. The first-order valence-electron chi connectivity index (χ1n) is 11.0. The Bertz CT molecular complexity index is 1530. The number of sulfonamides is 2. The third-order valence-corrected chi connectivity index (χ3v) is 7.76. The number of nitrogens with two attached hydrogens (primary N) is 2. The molecule has 1 heterocycles. The van der Waals surface area contributed by atoms with Crippen LogP contribution in [-0.2, 0) is 24.8 Å². The number of nitrogens with zero attached hydrogens (tertiary/aromatic N) is 1. The van der Waals surface area contributed by atoms with Gasteiger partial charge in [0.05, 0.1) is 15.8 Å². The summed E-state index contributed by atoms with van der Waals surface area (Å²) >= 11 is 0. The summed E-state index contributed by atoms with van der Waals surface area (Å²) in [5.41, 5.74) is 3.30. The lowest BCUT2D eigenvalue weighted by atomic mass is 9.99. The SMILES string of the molecule is CC(C)c1ccc(C2C=C(Nc3ccc(S(N)(=O)=O)cc3)C(=O)N2c2ccc(S(N)(=O)=O)cc2)cc1. The van der Waals surface area contributed by atoms with Crippen molar-refractivity contribution >= 4 is 37.3 Å². The fourth-order valence-corrected chi connectivity index (χ4v) is 4.97. The summed E-state index contributed by atoms with van der Waals surface area (Å²) < 4.78 is 46.4. The Balaban J connectivity index is 1.71. The molecule has 0 fully saturated rings. The van der Waals surface area contributed by atoms with Gasteiger partial charge < -0.3 is 5.32 Å². The van der Waals surface area contributed by atoms with E-state index in [1.807, 2.05) is 24.3 Å². The summed E-state index contributed by atoms with van der Waals surface area (Å²) in [4.78, 5) is 15.0. The molecule has 3 aromatic carbocycles. The predicted molar refractivity (Wildman–Crippen MR) is 138 cm³/mol. The minimum absolute atomic E-state index is 0.0422. The number of hydrogen-bond acceptors (Lipinski definition) is 6. The molecular weight excluding hydrogens is 500 g/mol. The summed E-state index contributed by atoms with van der Waals surface area (Å²) in [6.07, 6.45) is 1.77. The van der Waals surface area contributed by atoms with Gasteiger partial charge in [-0.05, 0) is 71.7 Å². The molecule has 36 heavy (non-hydrogen) atoms. The molecule has 0 bridgehead atoms. The summed E-state index contributed by atoms with van der Waals surface area (Å²) in [5, 5.41) is 13.4. The molecule has 5 N–H and O–H groups in total. The molecule has 0 aliphatic carbocycles. The van der Waals surface area contributed by atoms with Gasteiger partial charge >= 0.3 is 0 Å². The highest BCUT2D eigenvalue weighted by Gasteiger charge is 2.35. The van der Waals surface area contributed by atoms with E-state index in [1.165, 1.54) is 48.5 Å². The lowest BCUT2D eigenvalue weighted by molar-refractivity contribution is -0.114. The molecule has 11 heteroatoms. The van der Waals surface area contributed by atoms with Crippen LogP contribution in [0, 0.1) is 0 Å². The van der Waals surface area contributed by atoms with Crippen LogP contribution in [-0.4, -0.2) is 22.7 Å². The fourth-order valence-electron chi connectivity index (χ4n) is 3.94. The number of amides is 1. The Morgan fingerprint density at radius 1 is 0.778 bits per heavy atom. The van der Waals surface area contributed by atoms with E-state index in [0.29, 0.717) is 17.3 Å². The summed E-state index contributed by atoms with van der Waals surface area (Å²) in [6.45, 7) is 4.19. The van der Waals surface area contributed by atoms with Crippen LogP contribution in [0.5, 0.6) is 0 Å². The molecular formula is C25H26N4O5S2. The van der Waals surface area contributed by atoms with Crippen LogP contribution in [0.1, 0.15) is 36.9 Å². The second kappa shape index (κ2) is 9.51. The first kappa shape index (κ1) is 25.6. The van der Waals surface area contributed by atoms with Gasteiger partial charge in [0.15, 0.2) is 0 Å². The van der Waals surface area contributed by atoms with Crippen molar-refractivity contribution in [2.45, 2.75) is 35.6 Å². The molecule has 1 amide bonds. The number of rotatable bonds is 7. The van der Waals surface area contributed by atoms with Crippen LogP contribution in [0.25, 0.3) is 0 Å². The van der Waals surface area contributed by atoms with E-state index < -0.39 is 26.1 Å². The predicted octanol–water partition coefficient (Wildman–Crippen LogP) is 3.19. The van der Waals surface area contributed by atoms with Gasteiger partial charge in [0.1, 0.15) is 5.70 Å². The maximum atomic E-state index is 13.5. The lowest BCUT2D eigenvalue weighted by Gasteiger charge is -2.26. The second-order valence-corrected chi connectivity index (χ2v) is 11.9. The van der Waals surface area contributed by atoms with Crippen molar-refractivity contribution in [3.05, 3.63) is 95.7 Å². The van der Waals surface area contributed by atoms with Crippen molar-refractivity contribution in [1.29, 1.82) is 0 Å². The van der Waals surface area contributed by atoms with Crippen molar-refractivity contribution < 1.29 is 21.6 Å². The largest absolute Gasteiger partial charge is 0.351 e. The first-order chi connectivity index (χ1) is 16.8. The van der Waals surface area contributed by atoms with Crippen molar-refractivity contribution in [2.24, 2.45) is 10.3 Å². The van der Waals surface area contributed by atoms with Gasteiger partial charge in [0.2, 0.25) is 20.0 Å². The average Bonchev–Trinajstić information content (AvgIpc) is 3.14. The molecule has 4 rings (SSSR count). The van der Waals surface area contributed by atoms with Crippen LogP contribution in [0.2, 0.25) is 0 Å². The Morgan fingerprint density at radius 2 is 1.28 bits per heavy atom. The minimum Gasteiger partial charge on any atom is -0.351 e. The molecule has 3 aromatic rings. The first-order valence-corrected chi connectivity index (χ1v) is 14.1. The molecule has 1 unspecified atom stereocenters. The van der Waals surface area contributed by atoms with Crippen LogP contribution in [0.3, 0.4) is 0 Å². The zero-order chi connectivity index (χ0) is 26.3. The van der Waals surface area contributed by atoms with Crippen LogP contribution >= 0.6 is 0 Å². The smallest absolute Gasteiger partial charge is 0.275 e. The Hall–Kier alpha value is -3.51. The van der Waals surface area contributed by atoms with Gasteiger partial charge in [0, 0.05) is 11.4 Å². The maximum absolute atomic E-state index is 13.5. The highest BCUT2D eigenvalue weighted by atomic mass is 32.2. The van der Waals surface area contributed by atoms with Crippen molar-refractivity contribution in [2.75, 3.05) is 10.2 Å². The molecule has 1 atom stereocenters. The number of hydrogen-bond donors (Lipinski definition) is 3. The molecule has 188 valence electrons.